The minimum Gasteiger partial charge on any atom is -0.337 e. The van der Waals surface area contributed by atoms with Crippen LogP contribution < -0.4 is 5.73 Å². The van der Waals surface area contributed by atoms with Crippen molar-refractivity contribution in [1.29, 1.82) is 0 Å². The number of aromatic nitrogens is 2. The average molecular weight is 196 g/mol. The molecule has 0 aliphatic rings. The van der Waals surface area contributed by atoms with Gasteiger partial charge in [0.15, 0.2) is 0 Å². The molecule has 1 rings (SSSR count). The largest absolute Gasteiger partial charge is 0.337 e. The van der Waals surface area contributed by atoms with E-state index in [9.17, 15) is 0 Å². The molecule has 1 heterocycles. The van der Waals surface area contributed by atoms with Crippen LogP contribution in [-0.4, -0.2) is 34.1 Å². The Morgan fingerprint density at radius 2 is 2.36 bits per heavy atom. The maximum atomic E-state index is 5.52. The van der Waals surface area contributed by atoms with Crippen molar-refractivity contribution in [2.24, 2.45) is 12.8 Å². The predicted octanol–water partition coefficient (Wildman–Crippen LogP) is 0.589. The lowest BCUT2D eigenvalue weighted by Crippen LogP contribution is -2.31. The molecule has 0 saturated carbocycles. The van der Waals surface area contributed by atoms with Crippen LogP contribution in [0.5, 0.6) is 0 Å². The minimum absolute atomic E-state index is 0.511. The van der Waals surface area contributed by atoms with Crippen LogP contribution in [0.25, 0.3) is 0 Å². The summed E-state index contributed by atoms with van der Waals surface area (Å²) in [4.78, 5) is 6.56. The Kier molecular flexibility index (Phi) is 4.10. The summed E-state index contributed by atoms with van der Waals surface area (Å²) < 4.78 is 2.05. The van der Waals surface area contributed by atoms with E-state index in [0.29, 0.717) is 6.04 Å². The highest BCUT2D eigenvalue weighted by atomic mass is 15.2. The Labute approximate surface area is 85.7 Å². The van der Waals surface area contributed by atoms with Crippen molar-refractivity contribution in [3.8, 4) is 0 Å². The van der Waals surface area contributed by atoms with E-state index in [-0.39, 0.29) is 0 Å². The lowest BCUT2D eigenvalue weighted by atomic mass is 10.2. The zero-order chi connectivity index (χ0) is 10.6. The van der Waals surface area contributed by atoms with E-state index in [1.54, 1.807) is 0 Å². The molecule has 1 atom stereocenters. The molecule has 0 bridgehead atoms. The smallest absolute Gasteiger partial charge is 0.122 e. The van der Waals surface area contributed by atoms with E-state index in [1.165, 1.54) is 0 Å². The molecular formula is C10H20N4. The van der Waals surface area contributed by atoms with Gasteiger partial charge < -0.3 is 10.3 Å². The SMILES string of the molecule is CC(CCN)N(C)Cc1nccn1C. The Balaban J connectivity index is 2.48. The summed E-state index contributed by atoms with van der Waals surface area (Å²) in [6.45, 7) is 3.81. The van der Waals surface area contributed by atoms with Gasteiger partial charge in [-0.15, -0.1) is 0 Å². The van der Waals surface area contributed by atoms with Crippen molar-refractivity contribution in [2.45, 2.75) is 25.9 Å². The van der Waals surface area contributed by atoms with E-state index in [4.69, 9.17) is 5.73 Å². The van der Waals surface area contributed by atoms with Crippen LogP contribution in [0, 0.1) is 0 Å². The quantitative estimate of drug-likeness (QED) is 0.749. The summed E-state index contributed by atoms with van der Waals surface area (Å²) in [6.07, 6.45) is 4.83. The molecule has 4 nitrogen and oxygen atoms in total. The topological polar surface area (TPSA) is 47.1 Å². The minimum atomic E-state index is 0.511. The standard InChI is InChI=1S/C10H20N4/c1-9(4-5-11)14(3)8-10-12-6-7-13(10)2/h6-7,9H,4-5,8,11H2,1-3H3. The van der Waals surface area contributed by atoms with Gasteiger partial charge in [-0.3, -0.25) is 4.90 Å². The Bertz CT molecular complexity index is 269. The zero-order valence-electron chi connectivity index (χ0n) is 9.27. The van der Waals surface area contributed by atoms with Gasteiger partial charge in [0.1, 0.15) is 5.82 Å². The monoisotopic (exact) mass is 196 g/mol. The Morgan fingerprint density at radius 3 is 2.86 bits per heavy atom. The van der Waals surface area contributed by atoms with E-state index in [2.05, 4.69) is 23.9 Å². The molecule has 0 spiro atoms. The Morgan fingerprint density at radius 1 is 1.64 bits per heavy atom. The van der Waals surface area contributed by atoms with E-state index >= 15 is 0 Å². The lowest BCUT2D eigenvalue weighted by Gasteiger charge is -2.23. The summed E-state index contributed by atoms with van der Waals surface area (Å²) in [6, 6.07) is 0.511. The molecular weight excluding hydrogens is 176 g/mol. The fourth-order valence-electron chi connectivity index (χ4n) is 1.39. The van der Waals surface area contributed by atoms with E-state index in [1.807, 2.05) is 24.0 Å². The molecule has 1 aromatic rings. The average Bonchev–Trinajstić information content (AvgIpc) is 2.52. The summed E-state index contributed by atoms with van der Waals surface area (Å²) in [5.41, 5.74) is 5.52. The molecule has 0 aromatic carbocycles. The molecule has 80 valence electrons. The first-order valence-electron chi connectivity index (χ1n) is 5.01. The van der Waals surface area contributed by atoms with Gasteiger partial charge in [0.05, 0.1) is 6.54 Å². The van der Waals surface area contributed by atoms with E-state index in [0.717, 1.165) is 25.3 Å². The van der Waals surface area contributed by atoms with Gasteiger partial charge >= 0.3 is 0 Å². The zero-order valence-corrected chi connectivity index (χ0v) is 9.27. The van der Waals surface area contributed by atoms with Crippen LogP contribution in [0.3, 0.4) is 0 Å². The third-order valence-corrected chi connectivity index (χ3v) is 2.65. The third kappa shape index (κ3) is 2.82. The maximum Gasteiger partial charge on any atom is 0.122 e. The molecule has 14 heavy (non-hydrogen) atoms. The first kappa shape index (κ1) is 11.2. The molecule has 0 aliphatic carbocycles. The highest BCUT2D eigenvalue weighted by Gasteiger charge is 2.10. The maximum absolute atomic E-state index is 5.52. The lowest BCUT2D eigenvalue weighted by molar-refractivity contribution is 0.233. The van der Waals surface area contributed by atoms with Crippen molar-refractivity contribution >= 4 is 0 Å². The van der Waals surface area contributed by atoms with Crippen molar-refractivity contribution in [1.82, 2.24) is 14.5 Å². The van der Waals surface area contributed by atoms with Crippen molar-refractivity contribution < 1.29 is 0 Å². The van der Waals surface area contributed by atoms with Crippen LogP contribution in [0.2, 0.25) is 0 Å². The molecule has 0 radical (unpaired) electrons. The molecule has 0 saturated heterocycles. The highest BCUT2D eigenvalue weighted by Crippen LogP contribution is 2.05. The first-order chi connectivity index (χ1) is 6.65. The highest BCUT2D eigenvalue weighted by molar-refractivity contribution is 4.91. The van der Waals surface area contributed by atoms with Gasteiger partial charge in [-0.2, -0.15) is 0 Å². The summed E-state index contributed by atoms with van der Waals surface area (Å²) in [5.74, 6) is 1.09. The summed E-state index contributed by atoms with van der Waals surface area (Å²) in [5, 5.41) is 0. The second-order valence-electron chi connectivity index (χ2n) is 3.80. The van der Waals surface area contributed by atoms with Gasteiger partial charge in [0, 0.05) is 25.5 Å². The number of hydrogen-bond acceptors (Lipinski definition) is 3. The third-order valence-electron chi connectivity index (χ3n) is 2.65. The second-order valence-corrected chi connectivity index (χ2v) is 3.80. The Hall–Kier alpha value is -0.870. The summed E-state index contributed by atoms with van der Waals surface area (Å²) in [7, 11) is 4.12. The van der Waals surface area contributed by atoms with Crippen LogP contribution in [0.4, 0.5) is 0 Å². The molecule has 0 amide bonds. The number of hydrogen-bond donors (Lipinski definition) is 1. The van der Waals surface area contributed by atoms with Crippen LogP contribution >= 0.6 is 0 Å². The molecule has 0 aliphatic heterocycles. The number of rotatable bonds is 5. The molecule has 2 N–H and O–H groups in total. The van der Waals surface area contributed by atoms with Crippen LogP contribution in [0.1, 0.15) is 19.2 Å². The summed E-state index contributed by atoms with van der Waals surface area (Å²) >= 11 is 0. The normalized spacial score (nSPS) is 13.5. The predicted molar refractivity (Wildman–Crippen MR) is 57.8 cm³/mol. The number of nitrogens with two attached hydrogens (primary N) is 1. The number of aryl methyl sites for hydroxylation is 1. The van der Waals surface area contributed by atoms with Crippen molar-refractivity contribution in [2.75, 3.05) is 13.6 Å². The fraction of sp³-hybridized carbons (Fsp3) is 0.700. The van der Waals surface area contributed by atoms with Crippen molar-refractivity contribution in [3.05, 3.63) is 18.2 Å². The number of nitrogens with zero attached hydrogens (tertiary/aromatic N) is 3. The van der Waals surface area contributed by atoms with Gasteiger partial charge in [0.25, 0.3) is 0 Å². The van der Waals surface area contributed by atoms with Gasteiger partial charge in [-0.25, -0.2) is 4.98 Å². The molecule has 1 unspecified atom stereocenters. The van der Waals surface area contributed by atoms with Crippen LogP contribution in [0.15, 0.2) is 12.4 Å². The first-order valence-corrected chi connectivity index (χ1v) is 5.01. The van der Waals surface area contributed by atoms with E-state index < -0.39 is 0 Å². The second kappa shape index (κ2) is 5.12. The number of imidazole rings is 1. The van der Waals surface area contributed by atoms with Gasteiger partial charge in [-0.05, 0) is 26.9 Å². The molecule has 1 aromatic heterocycles. The molecule has 0 fully saturated rings. The van der Waals surface area contributed by atoms with Crippen molar-refractivity contribution in [3.63, 3.8) is 0 Å². The van der Waals surface area contributed by atoms with Gasteiger partial charge in [0.2, 0.25) is 0 Å². The fourth-order valence-corrected chi connectivity index (χ4v) is 1.39. The van der Waals surface area contributed by atoms with Gasteiger partial charge in [-0.1, -0.05) is 0 Å². The van der Waals surface area contributed by atoms with Crippen LogP contribution in [-0.2, 0) is 13.6 Å². The molecule has 4 heteroatoms.